The Morgan fingerprint density at radius 3 is 2.62 bits per heavy atom. The molecule has 0 aliphatic rings. The van der Waals surface area contributed by atoms with Gasteiger partial charge in [-0.05, 0) is 44.2 Å². The monoisotopic (exact) mass is 286 g/mol. The summed E-state index contributed by atoms with van der Waals surface area (Å²) in [6.45, 7) is 3.19. The fourth-order valence-corrected chi connectivity index (χ4v) is 2.08. The molecular formula is C17H22N2O2. The highest BCUT2D eigenvalue weighted by atomic mass is 16.5. The van der Waals surface area contributed by atoms with Gasteiger partial charge in [0.1, 0.15) is 12.4 Å². The Morgan fingerprint density at radius 2 is 1.95 bits per heavy atom. The first-order valence-electron chi connectivity index (χ1n) is 7.23. The predicted octanol–water partition coefficient (Wildman–Crippen LogP) is 2.08. The zero-order valence-corrected chi connectivity index (χ0v) is 12.6. The van der Waals surface area contributed by atoms with E-state index in [0.29, 0.717) is 19.2 Å². The van der Waals surface area contributed by atoms with E-state index in [1.807, 2.05) is 25.2 Å². The van der Waals surface area contributed by atoms with Gasteiger partial charge in [0.25, 0.3) is 5.56 Å². The summed E-state index contributed by atoms with van der Waals surface area (Å²) in [6.07, 6.45) is 2.77. The van der Waals surface area contributed by atoms with Gasteiger partial charge < -0.3 is 14.6 Å². The second-order valence-electron chi connectivity index (χ2n) is 5.12. The van der Waals surface area contributed by atoms with Crippen LogP contribution in [0.1, 0.15) is 12.5 Å². The van der Waals surface area contributed by atoms with Crippen LogP contribution in [0.15, 0.2) is 53.5 Å². The zero-order chi connectivity index (χ0) is 15.1. The number of nitrogens with one attached hydrogen (secondary N) is 1. The largest absolute Gasteiger partial charge is 0.492 e. The van der Waals surface area contributed by atoms with E-state index in [1.54, 1.807) is 22.9 Å². The van der Waals surface area contributed by atoms with Crippen LogP contribution in [0.4, 0.5) is 0 Å². The van der Waals surface area contributed by atoms with Crippen LogP contribution in [0.3, 0.4) is 0 Å². The van der Waals surface area contributed by atoms with Gasteiger partial charge in [0.05, 0.1) is 6.54 Å². The average molecular weight is 286 g/mol. The number of nitrogens with zero attached hydrogens (tertiary/aromatic N) is 1. The summed E-state index contributed by atoms with van der Waals surface area (Å²) in [5.74, 6) is 0.833. The van der Waals surface area contributed by atoms with Crippen molar-refractivity contribution in [2.45, 2.75) is 25.9 Å². The Bertz CT molecular complexity index is 605. The third kappa shape index (κ3) is 4.76. The van der Waals surface area contributed by atoms with E-state index in [4.69, 9.17) is 4.74 Å². The maximum Gasteiger partial charge on any atom is 0.250 e. The van der Waals surface area contributed by atoms with E-state index in [0.717, 1.165) is 12.2 Å². The van der Waals surface area contributed by atoms with E-state index in [-0.39, 0.29) is 5.56 Å². The van der Waals surface area contributed by atoms with Crippen molar-refractivity contribution in [1.29, 1.82) is 0 Å². The molecule has 4 nitrogen and oxygen atoms in total. The fourth-order valence-electron chi connectivity index (χ4n) is 2.08. The number of hydrogen-bond acceptors (Lipinski definition) is 3. The van der Waals surface area contributed by atoms with Gasteiger partial charge in [-0.25, -0.2) is 0 Å². The first kappa shape index (κ1) is 15.3. The molecule has 2 aromatic rings. The van der Waals surface area contributed by atoms with Gasteiger partial charge in [0.15, 0.2) is 0 Å². The predicted molar refractivity (Wildman–Crippen MR) is 84.9 cm³/mol. The molecule has 1 atom stereocenters. The van der Waals surface area contributed by atoms with Gasteiger partial charge in [-0.15, -0.1) is 0 Å². The number of aromatic nitrogens is 1. The quantitative estimate of drug-likeness (QED) is 0.847. The van der Waals surface area contributed by atoms with Crippen molar-refractivity contribution in [2.75, 3.05) is 13.7 Å². The lowest BCUT2D eigenvalue weighted by Crippen LogP contribution is -2.23. The summed E-state index contributed by atoms with van der Waals surface area (Å²) in [7, 11) is 1.97. The maximum atomic E-state index is 11.5. The summed E-state index contributed by atoms with van der Waals surface area (Å²) in [5, 5.41) is 3.22. The molecule has 21 heavy (non-hydrogen) atoms. The lowest BCUT2D eigenvalue weighted by molar-refractivity contribution is 0.296. The van der Waals surface area contributed by atoms with Crippen molar-refractivity contribution < 1.29 is 4.74 Å². The van der Waals surface area contributed by atoms with Crippen LogP contribution in [0.25, 0.3) is 0 Å². The number of ether oxygens (including phenoxy) is 1. The minimum Gasteiger partial charge on any atom is -0.492 e. The number of pyridine rings is 1. The molecule has 0 amide bonds. The summed E-state index contributed by atoms with van der Waals surface area (Å²) in [6, 6.07) is 13.7. The zero-order valence-electron chi connectivity index (χ0n) is 12.6. The van der Waals surface area contributed by atoms with Crippen LogP contribution in [-0.4, -0.2) is 24.3 Å². The molecule has 1 aromatic carbocycles. The normalized spacial score (nSPS) is 12.1. The van der Waals surface area contributed by atoms with Crippen LogP contribution in [0.5, 0.6) is 5.75 Å². The third-order valence-corrected chi connectivity index (χ3v) is 3.46. The van der Waals surface area contributed by atoms with Gasteiger partial charge in [-0.1, -0.05) is 18.2 Å². The van der Waals surface area contributed by atoms with Crippen LogP contribution < -0.4 is 15.6 Å². The van der Waals surface area contributed by atoms with Gasteiger partial charge >= 0.3 is 0 Å². The SMILES string of the molecule is CNC(C)Cc1ccc(OCCn2ccccc2=O)cc1. The Labute approximate surface area is 125 Å². The molecular weight excluding hydrogens is 264 g/mol. The number of hydrogen-bond donors (Lipinski definition) is 1. The molecule has 0 bridgehead atoms. The molecule has 0 spiro atoms. The molecule has 0 fully saturated rings. The summed E-state index contributed by atoms with van der Waals surface area (Å²) >= 11 is 0. The standard InChI is InChI=1S/C17H22N2O2/c1-14(18-2)13-15-6-8-16(9-7-15)21-12-11-19-10-4-3-5-17(19)20/h3-10,14,18H,11-13H2,1-2H3. The van der Waals surface area contributed by atoms with Crippen LogP contribution in [0.2, 0.25) is 0 Å². The topological polar surface area (TPSA) is 43.3 Å². The molecule has 0 aliphatic heterocycles. The summed E-state index contributed by atoms with van der Waals surface area (Å²) in [4.78, 5) is 11.5. The molecule has 1 N–H and O–H groups in total. The molecule has 1 heterocycles. The molecule has 0 aliphatic carbocycles. The minimum atomic E-state index is -0.00231. The van der Waals surface area contributed by atoms with E-state index in [2.05, 4.69) is 24.4 Å². The fraction of sp³-hybridized carbons (Fsp3) is 0.353. The first-order valence-corrected chi connectivity index (χ1v) is 7.23. The molecule has 2 rings (SSSR count). The average Bonchev–Trinajstić information content (AvgIpc) is 2.51. The van der Waals surface area contributed by atoms with E-state index < -0.39 is 0 Å². The maximum absolute atomic E-state index is 11.5. The van der Waals surface area contributed by atoms with Gasteiger partial charge in [-0.3, -0.25) is 4.79 Å². The van der Waals surface area contributed by atoms with Crippen molar-refractivity contribution >= 4 is 0 Å². The Morgan fingerprint density at radius 1 is 1.19 bits per heavy atom. The number of likely N-dealkylation sites (N-methyl/N-ethyl adjacent to an activating group) is 1. The van der Waals surface area contributed by atoms with Crippen LogP contribution in [-0.2, 0) is 13.0 Å². The second-order valence-corrected chi connectivity index (χ2v) is 5.12. The number of benzene rings is 1. The van der Waals surface area contributed by atoms with E-state index in [9.17, 15) is 4.79 Å². The highest BCUT2D eigenvalue weighted by Crippen LogP contribution is 2.13. The number of rotatable bonds is 7. The van der Waals surface area contributed by atoms with E-state index in [1.165, 1.54) is 5.56 Å². The summed E-state index contributed by atoms with van der Waals surface area (Å²) in [5.41, 5.74) is 1.28. The molecule has 4 heteroatoms. The van der Waals surface area contributed by atoms with Crippen molar-refractivity contribution in [3.05, 3.63) is 64.6 Å². The minimum absolute atomic E-state index is 0.00231. The van der Waals surface area contributed by atoms with Gasteiger partial charge in [0, 0.05) is 18.3 Å². The molecule has 1 unspecified atom stereocenters. The Hall–Kier alpha value is -2.07. The highest BCUT2D eigenvalue weighted by molar-refractivity contribution is 5.27. The smallest absolute Gasteiger partial charge is 0.250 e. The lowest BCUT2D eigenvalue weighted by atomic mass is 10.1. The highest BCUT2D eigenvalue weighted by Gasteiger charge is 2.01. The first-order chi connectivity index (χ1) is 10.2. The molecule has 0 saturated carbocycles. The second kappa shape index (κ2) is 7.64. The molecule has 112 valence electrons. The Kier molecular flexibility index (Phi) is 5.58. The van der Waals surface area contributed by atoms with Crippen LogP contribution >= 0.6 is 0 Å². The Balaban J connectivity index is 1.84. The molecule has 1 aromatic heterocycles. The lowest BCUT2D eigenvalue weighted by Gasteiger charge is -2.11. The molecule has 0 radical (unpaired) electrons. The summed E-state index contributed by atoms with van der Waals surface area (Å²) < 4.78 is 7.32. The van der Waals surface area contributed by atoms with Crippen molar-refractivity contribution in [1.82, 2.24) is 9.88 Å². The van der Waals surface area contributed by atoms with Crippen molar-refractivity contribution in [3.8, 4) is 5.75 Å². The van der Waals surface area contributed by atoms with E-state index >= 15 is 0 Å². The van der Waals surface area contributed by atoms with Crippen LogP contribution in [0, 0.1) is 0 Å². The van der Waals surface area contributed by atoms with Crippen molar-refractivity contribution in [3.63, 3.8) is 0 Å². The van der Waals surface area contributed by atoms with Gasteiger partial charge in [-0.2, -0.15) is 0 Å². The molecule has 0 saturated heterocycles. The van der Waals surface area contributed by atoms with Crippen molar-refractivity contribution in [2.24, 2.45) is 0 Å². The van der Waals surface area contributed by atoms with Gasteiger partial charge in [0.2, 0.25) is 0 Å². The third-order valence-electron chi connectivity index (χ3n) is 3.46.